The molecule has 0 aliphatic rings. The molecular formula is C16H13BrF2NO3PS. The van der Waals surface area contributed by atoms with E-state index in [1.54, 1.807) is 23.9 Å². The van der Waals surface area contributed by atoms with Crippen molar-refractivity contribution in [2.75, 3.05) is 0 Å². The molecule has 2 rings (SSSR count). The van der Waals surface area contributed by atoms with Gasteiger partial charge in [0.2, 0.25) is 0 Å². The van der Waals surface area contributed by atoms with Gasteiger partial charge in [0.1, 0.15) is 0 Å². The minimum absolute atomic E-state index is 0.0442. The number of hydrogen-bond acceptors (Lipinski definition) is 3. The van der Waals surface area contributed by atoms with E-state index in [-0.39, 0.29) is 4.47 Å². The summed E-state index contributed by atoms with van der Waals surface area (Å²) in [7, 11) is -5.59. The zero-order chi connectivity index (χ0) is 18.7. The summed E-state index contributed by atoms with van der Waals surface area (Å²) in [6, 6.07) is 13.1. The SMILES string of the molecule is N#Cc1ccc(CSCc2ccc(C(F)(F)P(=O)(O)O)c(Br)c2)cc1. The van der Waals surface area contributed by atoms with Crippen LogP contribution in [-0.4, -0.2) is 9.79 Å². The van der Waals surface area contributed by atoms with Gasteiger partial charge in [-0.05, 0) is 29.3 Å². The largest absolute Gasteiger partial charge is 0.399 e. The average molecular weight is 448 g/mol. The molecule has 0 spiro atoms. The lowest BCUT2D eigenvalue weighted by atomic mass is 10.1. The lowest BCUT2D eigenvalue weighted by Crippen LogP contribution is -2.14. The van der Waals surface area contributed by atoms with Crippen LogP contribution >= 0.6 is 35.3 Å². The van der Waals surface area contributed by atoms with E-state index in [4.69, 9.17) is 15.0 Å². The van der Waals surface area contributed by atoms with E-state index in [9.17, 15) is 13.3 Å². The summed E-state index contributed by atoms with van der Waals surface area (Å²) in [6.07, 6.45) is 0. The maximum absolute atomic E-state index is 13.8. The van der Waals surface area contributed by atoms with Crippen molar-refractivity contribution in [3.63, 3.8) is 0 Å². The van der Waals surface area contributed by atoms with Crippen LogP contribution in [0.5, 0.6) is 0 Å². The Hall–Kier alpha value is -1.23. The van der Waals surface area contributed by atoms with Gasteiger partial charge in [0.05, 0.1) is 11.6 Å². The maximum atomic E-state index is 13.8. The molecule has 132 valence electrons. The van der Waals surface area contributed by atoms with Crippen molar-refractivity contribution in [3.8, 4) is 6.07 Å². The molecule has 0 fully saturated rings. The standard InChI is InChI=1S/C16H13BrF2NO3PS/c17-15-7-13(5-6-14(15)16(18,19)24(21,22)23)10-25-9-12-3-1-11(8-20)2-4-12/h1-7H,9-10H2,(H2,21,22,23). The van der Waals surface area contributed by atoms with Crippen LogP contribution < -0.4 is 0 Å². The molecule has 0 atom stereocenters. The molecule has 0 aliphatic heterocycles. The molecule has 0 aromatic heterocycles. The van der Waals surface area contributed by atoms with Gasteiger partial charge in [-0.2, -0.15) is 25.8 Å². The molecule has 2 aromatic carbocycles. The molecule has 0 saturated carbocycles. The van der Waals surface area contributed by atoms with Gasteiger partial charge < -0.3 is 9.79 Å². The van der Waals surface area contributed by atoms with Gasteiger partial charge in [-0.15, -0.1) is 0 Å². The third kappa shape index (κ3) is 4.90. The molecule has 0 heterocycles. The van der Waals surface area contributed by atoms with Crippen LogP contribution in [0.15, 0.2) is 46.9 Å². The van der Waals surface area contributed by atoms with Crippen molar-refractivity contribution >= 4 is 35.3 Å². The first-order chi connectivity index (χ1) is 11.6. The van der Waals surface area contributed by atoms with Crippen LogP contribution in [0.3, 0.4) is 0 Å². The van der Waals surface area contributed by atoms with E-state index in [1.807, 2.05) is 18.2 Å². The van der Waals surface area contributed by atoms with Gasteiger partial charge in [-0.1, -0.05) is 40.2 Å². The fraction of sp³-hybridized carbons (Fsp3) is 0.188. The zero-order valence-electron chi connectivity index (χ0n) is 12.7. The summed E-state index contributed by atoms with van der Waals surface area (Å²) < 4.78 is 38.5. The third-order valence-electron chi connectivity index (χ3n) is 3.34. The van der Waals surface area contributed by atoms with Crippen LogP contribution in [0.2, 0.25) is 0 Å². The lowest BCUT2D eigenvalue weighted by molar-refractivity contribution is 0.0557. The first-order valence-corrected chi connectivity index (χ1v) is 10.5. The van der Waals surface area contributed by atoms with Gasteiger partial charge in [-0.3, -0.25) is 4.57 Å². The zero-order valence-corrected chi connectivity index (χ0v) is 16.0. The Morgan fingerprint density at radius 1 is 1.12 bits per heavy atom. The summed E-state index contributed by atoms with van der Waals surface area (Å²) in [4.78, 5) is 17.6. The van der Waals surface area contributed by atoms with Crippen LogP contribution in [0.25, 0.3) is 0 Å². The normalized spacial score (nSPS) is 12.0. The number of rotatable bonds is 6. The summed E-state index contributed by atoms with van der Waals surface area (Å²) in [5, 5.41) is 8.75. The first kappa shape index (κ1) is 20.1. The van der Waals surface area contributed by atoms with Crippen LogP contribution in [0.4, 0.5) is 8.78 Å². The number of thioether (sulfide) groups is 1. The van der Waals surface area contributed by atoms with Gasteiger partial charge in [0, 0.05) is 21.5 Å². The second kappa shape index (κ2) is 7.98. The third-order valence-corrected chi connectivity index (χ3v) is 6.05. The number of hydrogen-bond donors (Lipinski definition) is 2. The van der Waals surface area contributed by atoms with Crippen molar-refractivity contribution in [1.29, 1.82) is 5.26 Å². The molecule has 0 radical (unpaired) electrons. The van der Waals surface area contributed by atoms with Crippen LogP contribution in [-0.2, 0) is 21.7 Å². The number of nitriles is 1. The predicted molar refractivity (Wildman–Crippen MR) is 96.2 cm³/mol. The molecular weight excluding hydrogens is 435 g/mol. The van der Waals surface area contributed by atoms with Crippen LogP contribution in [0, 0.1) is 11.3 Å². The Morgan fingerprint density at radius 2 is 1.68 bits per heavy atom. The van der Waals surface area contributed by atoms with Crippen molar-refractivity contribution in [2.45, 2.75) is 17.2 Å². The number of alkyl halides is 2. The van der Waals surface area contributed by atoms with Gasteiger partial charge >= 0.3 is 13.3 Å². The summed E-state index contributed by atoms with van der Waals surface area (Å²) in [6.45, 7) is 0. The Labute approximate surface area is 156 Å². The fourth-order valence-electron chi connectivity index (χ4n) is 2.01. The maximum Gasteiger partial charge on any atom is 0.399 e. The average Bonchev–Trinajstić information content (AvgIpc) is 2.54. The first-order valence-electron chi connectivity index (χ1n) is 6.94. The molecule has 2 aromatic rings. The van der Waals surface area contributed by atoms with E-state index in [2.05, 4.69) is 15.9 Å². The minimum Gasteiger partial charge on any atom is -0.320 e. The fourth-order valence-corrected chi connectivity index (χ4v) is 4.29. The second-order valence-electron chi connectivity index (χ2n) is 5.20. The van der Waals surface area contributed by atoms with E-state index < -0.39 is 18.8 Å². The summed E-state index contributed by atoms with van der Waals surface area (Å²) in [5.74, 6) is 1.23. The molecule has 9 heteroatoms. The van der Waals surface area contributed by atoms with Gasteiger partial charge in [-0.25, -0.2) is 0 Å². The molecule has 0 saturated heterocycles. The summed E-state index contributed by atoms with van der Waals surface area (Å²) in [5.41, 5.74) is -2.61. The van der Waals surface area contributed by atoms with E-state index in [0.29, 0.717) is 17.1 Å². The van der Waals surface area contributed by atoms with Crippen molar-refractivity contribution in [2.24, 2.45) is 0 Å². The monoisotopic (exact) mass is 447 g/mol. The molecule has 0 amide bonds. The highest BCUT2D eigenvalue weighted by atomic mass is 79.9. The van der Waals surface area contributed by atoms with Gasteiger partial charge in [0.25, 0.3) is 0 Å². The van der Waals surface area contributed by atoms with E-state index in [0.717, 1.165) is 17.2 Å². The minimum atomic E-state index is -5.59. The summed E-state index contributed by atoms with van der Waals surface area (Å²) >= 11 is 4.52. The Kier molecular flexibility index (Phi) is 6.41. The van der Waals surface area contributed by atoms with Gasteiger partial charge in [0.15, 0.2) is 0 Å². The Balaban J connectivity index is 2.03. The second-order valence-corrected chi connectivity index (χ2v) is 8.69. The molecule has 2 N–H and O–H groups in total. The number of halogens is 3. The van der Waals surface area contributed by atoms with E-state index >= 15 is 0 Å². The quantitative estimate of drug-likeness (QED) is 0.610. The molecule has 0 unspecified atom stereocenters. The highest BCUT2D eigenvalue weighted by Crippen LogP contribution is 2.60. The van der Waals surface area contributed by atoms with Crippen molar-refractivity contribution in [1.82, 2.24) is 0 Å². The van der Waals surface area contributed by atoms with Crippen molar-refractivity contribution in [3.05, 3.63) is 69.2 Å². The van der Waals surface area contributed by atoms with E-state index in [1.165, 1.54) is 12.1 Å². The predicted octanol–water partition coefficient (Wildman–Crippen LogP) is 4.98. The number of nitrogens with zero attached hydrogens (tertiary/aromatic N) is 1. The van der Waals surface area contributed by atoms with Crippen molar-refractivity contribution < 1.29 is 23.1 Å². The molecule has 4 nitrogen and oxygen atoms in total. The highest BCUT2D eigenvalue weighted by molar-refractivity contribution is 9.10. The topological polar surface area (TPSA) is 81.3 Å². The molecule has 0 bridgehead atoms. The van der Waals surface area contributed by atoms with Crippen LogP contribution in [0.1, 0.15) is 22.3 Å². The highest BCUT2D eigenvalue weighted by Gasteiger charge is 2.51. The Bertz CT molecular complexity index is 849. The Morgan fingerprint density at radius 3 is 2.20 bits per heavy atom. The number of benzene rings is 2. The smallest absolute Gasteiger partial charge is 0.320 e. The molecule has 0 aliphatic carbocycles. The molecule has 25 heavy (non-hydrogen) atoms. The lowest BCUT2D eigenvalue weighted by Gasteiger charge is -2.19.